The van der Waals surface area contributed by atoms with Crippen LogP contribution in [0.4, 0.5) is 0 Å². The monoisotopic (exact) mass is 194 g/mol. The molecule has 1 aliphatic rings. The van der Waals surface area contributed by atoms with Crippen molar-refractivity contribution in [2.24, 2.45) is 11.5 Å². The van der Waals surface area contributed by atoms with Crippen LogP contribution in [0.25, 0.3) is 0 Å². The summed E-state index contributed by atoms with van der Waals surface area (Å²) in [5, 5.41) is 0. The van der Waals surface area contributed by atoms with Crippen molar-refractivity contribution in [2.75, 3.05) is 0 Å². The van der Waals surface area contributed by atoms with Crippen LogP contribution in [0.2, 0.25) is 0 Å². The topological polar surface area (TPSA) is 52.0 Å². The van der Waals surface area contributed by atoms with E-state index >= 15 is 0 Å². The van der Waals surface area contributed by atoms with Crippen LogP contribution < -0.4 is 11.5 Å². The summed E-state index contributed by atoms with van der Waals surface area (Å²) in [6.07, 6.45) is 8.98. The molecule has 0 atom stereocenters. The first-order chi connectivity index (χ1) is 6.61. The highest BCUT2D eigenvalue weighted by Crippen LogP contribution is 2.24. The highest BCUT2D eigenvalue weighted by atomic mass is 14.8. The summed E-state index contributed by atoms with van der Waals surface area (Å²) in [7, 11) is 0. The number of allylic oxidation sites excluding steroid dienone is 4. The molecule has 14 heavy (non-hydrogen) atoms. The zero-order valence-corrected chi connectivity index (χ0v) is 9.34. The van der Waals surface area contributed by atoms with Crippen LogP contribution in [-0.2, 0) is 0 Å². The van der Waals surface area contributed by atoms with Gasteiger partial charge in [0.1, 0.15) is 0 Å². The van der Waals surface area contributed by atoms with Crippen molar-refractivity contribution < 1.29 is 0 Å². The molecular formula is C12H22N2. The van der Waals surface area contributed by atoms with Crippen molar-refractivity contribution in [3.63, 3.8) is 0 Å². The van der Waals surface area contributed by atoms with Gasteiger partial charge in [-0.25, -0.2) is 0 Å². The van der Waals surface area contributed by atoms with Crippen molar-refractivity contribution in [1.82, 2.24) is 0 Å². The standard InChI is InChI=1S/C9H16N2.C3H6/c1-7(9(10)11)6-8-4-2-3-5-8;1-3-2/h6H,2-5,10-11H2,1H3;3H,1H2,2H3. The summed E-state index contributed by atoms with van der Waals surface area (Å²) in [5.74, 6) is 0.449. The lowest BCUT2D eigenvalue weighted by Gasteiger charge is -1.98. The predicted octanol–water partition coefficient (Wildman–Crippen LogP) is 2.83. The quantitative estimate of drug-likeness (QED) is 0.631. The Bertz CT molecular complexity index is 225. The Balaban J connectivity index is 0.000000500. The molecule has 1 fully saturated rings. The van der Waals surface area contributed by atoms with Crippen LogP contribution in [0.1, 0.15) is 39.5 Å². The number of hydrogen-bond donors (Lipinski definition) is 2. The fourth-order valence-corrected chi connectivity index (χ4v) is 1.36. The SMILES string of the molecule is C=CC.CC(C=C1CCCC1)=C(N)N. The van der Waals surface area contributed by atoms with Crippen LogP contribution >= 0.6 is 0 Å². The number of rotatable bonds is 1. The average molecular weight is 194 g/mol. The van der Waals surface area contributed by atoms with Crippen LogP contribution in [-0.4, -0.2) is 0 Å². The normalized spacial score (nSPS) is 14.0. The van der Waals surface area contributed by atoms with Crippen molar-refractivity contribution in [3.05, 3.63) is 35.7 Å². The molecule has 0 aromatic rings. The Labute approximate surface area is 87.4 Å². The van der Waals surface area contributed by atoms with Gasteiger partial charge in [0.15, 0.2) is 0 Å². The molecule has 2 nitrogen and oxygen atoms in total. The van der Waals surface area contributed by atoms with E-state index in [1.807, 2.05) is 13.8 Å². The summed E-state index contributed by atoms with van der Waals surface area (Å²) in [6, 6.07) is 0. The second-order valence-corrected chi connectivity index (χ2v) is 3.56. The molecule has 0 aliphatic heterocycles. The van der Waals surface area contributed by atoms with Gasteiger partial charge in [0.05, 0.1) is 5.82 Å². The molecule has 0 bridgehead atoms. The van der Waals surface area contributed by atoms with Gasteiger partial charge in [-0.2, -0.15) is 0 Å². The molecule has 0 unspecified atom stereocenters. The first kappa shape index (κ1) is 12.8. The van der Waals surface area contributed by atoms with E-state index in [9.17, 15) is 0 Å². The number of hydrogen-bond acceptors (Lipinski definition) is 2. The lowest BCUT2D eigenvalue weighted by molar-refractivity contribution is 0.886. The Morgan fingerprint density at radius 2 is 1.71 bits per heavy atom. The van der Waals surface area contributed by atoms with Gasteiger partial charge in [0.25, 0.3) is 0 Å². The van der Waals surface area contributed by atoms with E-state index in [1.54, 1.807) is 6.08 Å². The zero-order chi connectivity index (χ0) is 11.0. The molecule has 2 heteroatoms. The van der Waals surface area contributed by atoms with Crippen molar-refractivity contribution >= 4 is 0 Å². The fraction of sp³-hybridized carbons (Fsp3) is 0.500. The van der Waals surface area contributed by atoms with E-state index in [0.29, 0.717) is 5.82 Å². The van der Waals surface area contributed by atoms with Gasteiger partial charge in [-0.05, 0) is 45.1 Å². The maximum atomic E-state index is 5.43. The molecule has 0 aromatic carbocycles. The molecule has 0 heterocycles. The lowest BCUT2D eigenvalue weighted by atomic mass is 10.1. The average Bonchev–Trinajstić information content (AvgIpc) is 2.58. The van der Waals surface area contributed by atoms with E-state index in [4.69, 9.17) is 11.5 Å². The summed E-state index contributed by atoms with van der Waals surface area (Å²) < 4.78 is 0. The molecule has 1 saturated carbocycles. The van der Waals surface area contributed by atoms with Crippen molar-refractivity contribution in [2.45, 2.75) is 39.5 Å². The molecule has 1 rings (SSSR count). The summed E-state index contributed by atoms with van der Waals surface area (Å²) in [6.45, 7) is 7.21. The third-order valence-electron chi connectivity index (χ3n) is 2.12. The molecule has 80 valence electrons. The minimum absolute atomic E-state index is 0.449. The van der Waals surface area contributed by atoms with Crippen LogP contribution in [0.15, 0.2) is 35.7 Å². The van der Waals surface area contributed by atoms with E-state index < -0.39 is 0 Å². The maximum absolute atomic E-state index is 5.43. The van der Waals surface area contributed by atoms with Gasteiger partial charge in [-0.15, -0.1) is 6.58 Å². The van der Waals surface area contributed by atoms with Gasteiger partial charge in [0, 0.05) is 0 Å². The first-order valence-electron chi connectivity index (χ1n) is 5.10. The highest BCUT2D eigenvalue weighted by molar-refractivity contribution is 5.25. The molecule has 0 spiro atoms. The van der Waals surface area contributed by atoms with Crippen LogP contribution in [0, 0.1) is 0 Å². The number of nitrogens with two attached hydrogens (primary N) is 2. The Hall–Kier alpha value is -1.18. The second-order valence-electron chi connectivity index (χ2n) is 3.56. The second kappa shape index (κ2) is 7.25. The van der Waals surface area contributed by atoms with Crippen molar-refractivity contribution in [3.8, 4) is 0 Å². The molecular weight excluding hydrogens is 172 g/mol. The molecule has 0 amide bonds. The van der Waals surface area contributed by atoms with E-state index in [-0.39, 0.29) is 0 Å². The molecule has 0 saturated heterocycles. The van der Waals surface area contributed by atoms with E-state index in [2.05, 4.69) is 12.7 Å². The minimum Gasteiger partial charge on any atom is -0.385 e. The van der Waals surface area contributed by atoms with Crippen LogP contribution in [0.3, 0.4) is 0 Å². The molecule has 1 aliphatic carbocycles. The maximum Gasteiger partial charge on any atom is 0.0963 e. The van der Waals surface area contributed by atoms with Gasteiger partial charge >= 0.3 is 0 Å². The smallest absolute Gasteiger partial charge is 0.0963 e. The summed E-state index contributed by atoms with van der Waals surface area (Å²) in [5.41, 5.74) is 13.4. The van der Waals surface area contributed by atoms with Gasteiger partial charge in [0.2, 0.25) is 0 Å². The first-order valence-corrected chi connectivity index (χ1v) is 5.10. The van der Waals surface area contributed by atoms with E-state index in [1.165, 1.54) is 31.3 Å². The minimum atomic E-state index is 0.449. The molecule has 0 aromatic heterocycles. The Morgan fingerprint density at radius 1 is 1.29 bits per heavy atom. The Kier molecular flexibility index (Phi) is 6.63. The summed E-state index contributed by atoms with van der Waals surface area (Å²) in [4.78, 5) is 0. The zero-order valence-electron chi connectivity index (χ0n) is 9.34. The van der Waals surface area contributed by atoms with Gasteiger partial charge < -0.3 is 11.5 Å². The van der Waals surface area contributed by atoms with Gasteiger partial charge in [-0.3, -0.25) is 0 Å². The lowest BCUT2D eigenvalue weighted by Crippen LogP contribution is -2.10. The molecule has 4 N–H and O–H groups in total. The third kappa shape index (κ3) is 5.46. The largest absolute Gasteiger partial charge is 0.385 e. The highest BCUT2D eigenvalue weighted by Gasteiger charge is 2.05. The van der Waals surface area contributed by atoms with E-state index in [0.717, 1.165) is 5.57 Å². The van der Waals surface area contributed by atoms with Gasteiger partial charge in [-0.1, -0.05) is 17.7 Å². The van der Waals surface area contributed by atoms with Crippen molar-refractivity contribution in [1.29, 1.82) is 0 Å². The van der Waals surface area contributed by atoms with Crippen LogP contribution in [0.5, 0.6) is 0 Å². The fourth-order valence-electron chi connectivity index (χ4n) is 1.36. The third-order valence-corrected chi connectivity index (χ3v) is 2.12. The molecule has 0 radical (unpaired) electrons. The summed E-state index contributed by atoms with van der Waals surface area (Å²) >= 11 is 0. The Morgan fingerprint density at radius 3 is 2.07 bits per heavy atom. The predicted molar refractivity (Wildman–Crippen MR) is 63.5 cm³/mol.